The molecular formula is C8H12N2O2S. The van der Waals surface area contributed by atoms with E-state index in [2.05, 4.69) is 10.3 Å². The number of carbonyl (C=O) groups excluding carboxylic acids is 1. The van der Waals surface area contributed by atoms with Gasteiger partial charge in [0, 0.05) is 11.8 Å². The Labute approximate surface area is 80.6 Å². The Hall–Kier alpha value is -0.940. The number of aromatic nitrogens is 1. The van der Waals surface area contributed by atoms with E-state index in [1.54, 1.807) is 13.8 Å². The zero-order chi connectivity index (χ0) is 9.90. The maximum absolute atomic E-state index is 10.1. The molecule has 0 unspecified atom stereocenters. The molecule has 0 fully saturated rings. The second-order valence-electron chi connectivity index (χ2n) is 3.40. The van der Waals surface area contributed by atoms with Gasteiger partial charge in [0.15, 0.2) is 5.13 Å². The number of nitrogens with one attached hydrogen (secondary N) is 1. The SMILES string of the molecule is CC(C)(O)Cc1csc(NC=O)n1. The number of rotatable bonds is 4. The maximum Gasteiger partial charge on any atom is 0.213 e. The number of aliphatic hydroxyl groups is 1. The third kappa shape index (κ3) is 3.52. The molecule has 0 atom stereocenters. The van der Waals surface area contributed by atoms with Crippen molar-refractivity contribution in [2.24, 2.45) is 0 Å². The van der Waals surface area contributed by atoms with Crippen LogP contribution in [-0.4, -0.2) is 22.1 Å². The first-order chi connectivity index (χ1) is 6.01. The fourth-order valence-electron chi connectivity index (χ4n) is 0.948. The summed E-state index contributed by atoms with van der Waals surface area (Å²) in [5.41, 5.74) is 0.0360. The van der Waals surface area contributed by atoms with Crippen molar-refractivity contribution in [1.82, 2.24) is 4.98 Å². The van der Waals surface area contributed by atoms with Gasteiger partial charge in [0.2, 0.25) is 6.41 Å². The van der Waals surface area contributed by atoms with Crippen LogP contribution in [0.25, 0.3) is 0 Å². The lowest BCUT2D eigenvalue weighted by Crippen LogP contribution is -2.21. The summed E-state index contributed by atoms with van der Waals surface area (Å²) in [7, 11) is 0. The summed E-state index contributed by atoms with van der Waals surface area (Å²) in [5, 5.41) is 14.3. The minimum absolute atomic E-state index is 0.490. The van der Waals surface area contributed by atoms with Crippen molar-refractivity contribution in [3.05, 3.63) is 11.1 Å². The van der Waals surface area contributed by atoms with Crippen molar-refractivity contribution < 1.29 is 9.90 Å². The highest BCUT2D eigenvalue weighted by Crippen LogP contribution is 2.18. The molecule has 0 saturated heterocycles. The Morgan fingerprint density at radius 2 is 2.46 bits per heavy atom. The Morgan fingerprint density at radius 1 is 1.77 bits per heavy atom. The molecule has 1 rings (SSSR count). The third-order valence-corrected chi connectivity index (χ3v) is 2.17. The first kappa shape index (κ1) is 10.1. The van der Waals surface area contributed by atoms with Crippen LogP contribution in [0.5, 0.6) is 0 Å². The molecule has 0 saturated carbocycles. The van der Waals surface area contributed by atoms with E-state index in [0.29, 0.717) is 18.0 Å². The van der Waals surface area contributed by atoms with Crippen LogP contribution < -0.4 is 5.32 Å². The molecule has 72 valence electrons. The van der Waals surface area contributed by atoms with Crippen molar-refractivity contribution in [1.29, 1.82) is 0 Å². The minimum Gasteiger partial charge on any atom is -0.390 e. The van der Waals surface area contributed by atoms with Gasteiger partial charge in [0.25, 0.3) is 0 Å². The van der Waals surface area contributed by atoms with Crippen LogP contribution in [0, 0.1) is 0 Å². The highest BCUT2D eigenvalue weighted by molar-refractivity contribution is 7.13. The molecule has 0 aromatic carbocycles. The van der Waals surface area contributed by atoms with Crippen molar-refractivity contribution in [3.63, 3.8) is 0 Å². The van der Waals surface area contributed by atoms with Gasteiger partial charge in [0.1, 0.15) is 0 Å². The first-order valence-corrected chi connectivity index (χ1v) is 4.76. The van der Waals surface area contributed by atoms with Gasteiger partial charge in [-0.1, -0.05) is 0 Å². The summed E-state index contributed by atoms with van der Waals surface area (Å²) < 4.78 is 0. The molecule has 0 aliphatic carbocycles. The molecule has 1 amide bonds. The van der Waals surface area contributed by atoms with Crippen LogP contribution in [0.3, 0.4) is 0 Å². The molecule has 2 N–H and O–H groups in total. The summed E-state index contributed by atoms with van der Waals surface area (Å²) in [5.74, 6) is 0. The smallest absolute Gasteiger partial charge is 0.213 e. The minimum atomic E-state index is -0.757. The normalized spacial score (nSPS) is 11.3. The molecule has 0 radical (unpaired) electrons. The first-order valence-electron chi connectivity index (χ1n) is 3.88. The van der Waals surface area contributed by atoms with Crippen LogP contribution in [0.2, 0.25) is 0 Å². The topological polar surface area (TPSA) is 62.2 Å². The van der Waals surface area contributed by atoms with Crippen molar-refractivity contribution in [3.8, 4) is 0 Å². The summed E-state index contributed by atoms with van der Waals surface area (Å²) in [6.07, 6.45) is 1.08. The van der Waals surface area contributed by atoms with Crippen molar-refractivity contribution in [2.45, 2.75) is 25.9 Å². The Balaban J connectivity index is 2.63. The van der Waals surface area contributed by atoms with E-state index in [4.69, 9.17) is 0 Å². The maximum atomic E-state index is 10.1. The number of carbonyl (C=O) groups is 1. The van der Waals surface area contributed by atoms with Gasteiger partial charge in [0.05, 0.1) is 11.3 Å². The highest BCUT2D eigenvalue weighted by Gasteiger charge is 2.15. The van der Waals surface area contributed by atoms with E-state index < -0.39 is 5.60 Å². The van der Waals surface area contributed by atoms with Gasteiger partial charge in [-0.25, -0.2) is 4.98 Å². The quantitative estimate of drug-likeness (QED) is 0.713. The molecule has 4 nitrogen and oxygen atoms in total. The van der Waals surface area contributed by atoms with Crippen molar-refractivity contribution in [2.75, 3.05) is 5.32 Å². The summed E-state index contributed by atoms with van der Waals surface area (Å²) in [6, 6.07) is 0. The number of amides is 1. The van der Waals surface area contributed by atoms with Crippen molar-refractivity contribution >= 4 is 22.9 Å². The zero-order valence-electron chi connectivity index (χ0n) is 7.57. The predicted octanol–water partition coefficient (Wildman–Crippen LogP) is 1.02. The van der Waals surface area contributed by atoms with Gasteiger partial charge in [-0.2, -0.15) is 0 Å². The van der Waals surface area contributed by atoms with Crippen LogP contribution in [0.15, 0.2) is 5.38 Å². The van der Waals surface area contributed by atoms with E-state index in [0.717, 1.165) is 5.69 Å². The Bertz CT molecular complexity index is 291. The number of hydrogen-bond donors (Lipinski definition) is 2. The average Bonchev–Trinajstić information content (AvgIpc) is 2.33. The number of hydrogen-bond acceptors (Lipinski definition) is 4. The number of thiazole rings is 1. The Morgan fingerprint density at radius 3 is 3.00 bits per heavy atom. The molecule has 5 heteroatoms. The lowest BCUT2D eigenvalue weighted by Gasteiger charge is -2.14. The molecular weight excluding hydrogens is 188 g/mol. The molecule has 1 aromatic rings. The Kier molecular flexibility index (Phi) is 3.00. The van der Waals surface area contributed by atoms with Gasteiger partial charge in [-0.15, -0.1) is 11.3 Å². The van der Waals surface area contributed by atoms with E-state index >= 15 is 0 Å². The van der Waals surface area contributed by atoms with Gasteiger partial charge in [-0.3, -0.25) is 4.79 Å². The van der Waals surface area contributed by atoms with Gasteiger partial charge >= 0.3 is 0 Å². The second-order valence-corrected chi connectivity index (χ2v) is 4.25. The lowest BCUT2D eigenvalue weighted by molar-refractivity contribution is -0.105. The predicted molar refractivity (Wildman–Crippen MR) is 51.8 cm³/mol. The summed E-state index contributed by atoms with van der Waals surface area (Å²) in [6.45, 7) is 3.44. The molecule has 1 heterocycles. The van der Waals surface area contributed by atoms with Gasteiger partial charge in [-0.05, 0) is 13.8 Å². The zero-order valence-corrected chi connectivity index (χ0v) is 8.39. The molecule has 13 heavy (non-hydrogen) atoms. The third-order valence-electron chi connectivity index (χ3n) is 1.35. The number of nitrogens with zero attached hydrogens (tertiary/aromatic N) is 1. The molecule has 0 spiro atoms. The fraction of sp³-hybridized carbons (Fsp3) is 0.500. The fourth-order valence-corrected chi connectivity index (χ4v) is 1.62. The van der Waals surface area contributed by atoms with Gasteiger partial charge < -0.3 is 10.4 Å². The summed E-state index contributed by atoms with van der Waals surface area (Å²) >= 11 is 1.35. The van der Waals surface area contributed by atoms with Crippen LogP contribution >= 0.6 is 11.3 Å². The molecule has 0 aliphatic rings. The number of anilines is 1. The molecule has 0 bridgehead atoms. The largest absolute Gasteiger partial charge is 0.390 e. The molecule has 1 aromatic heterocycles. The molecule has 0 aliphatic heterocycles. The van der Waals surface area contributed by atoms with Crippen LogP contribution in [0.4, 0.5) is 5.13 Å². The van der Waals surface area contributed by atoms with E-state index in [9.17, 15) is 9.90 Å². The van der Waals surface area contributed by atoms with E-state index in [1.165, 1.54) is 11.3 Å². The van der Waals surface area contributed by atoms with E-state index in [1.807, 2.05) is 5.38 Å². The highest BCUT2D eigenvalue weighted by atomic mass is 32.1. The standard InChI is InChI=1S/C8H12N2O2S/c1-8(2,12)3-6-4-13-7(10-6)9-5-11/h4-5,12H,3H2,1-2H3,(H,9,10,11). The van der Waals surface area contributed by atoms with Crippen LogP contribution in [-0.2, 0) is 11.2 Å². The lowest BCUT2D eigenvalue weighted by atomic mass is 10.0. The summed E-state index contributed by atoms with van der Waals surface area (Å²) in [4.78, 5) is 14.2. The van der Waals surface area contributed by atoms with Crippen LogP contribution in [0.1, 0.15) is 19.5 Å². The second kappa shape index (κ2) is 3.85. The average molecular weight is 200 g/mol. The monoisotopic (exact) mass is 200 g/mol. The van der Waals surface area contributed by atoms with E-state index in [-0.39, 0.29) is 0 Å².